The first-order valence-corrected chi connectivity index (χ1v) is 5.23. The molecule has 0 aliphatic carbocycles. The Morgan fingerprint density at radius 2 is 2.19 bits per heavy atom. The molecule has 0 aliphatic heterocycles. The summed E-state index contributed by atoms with van der Waals surface area (Å²) in [6, 6.07) is 4.18. The fraction of sp³-hybridized carbons (Fsp3) is 0.364. The summed E-state index contributed by atoms with van der Waals surface area (Å²) in [7, 11) is 0. The molecule has 0 aromatic heterocycles. The molecule has 0 aliphatic rings. The molecule has 1 rings (SSSR count). The van der Waals surface area contributed by atoms with Gasteiger partial charge in [-0.05, 0) is 19.1 Å². The van der Waals surface area contributed by atoms with E-state index in [9.17, 15) is 9.18 Å². The van der Waals surface area contributed by atoms with Crippen LogP contribution >= 0.6 is 11.6 Å². The highest BCUT2D eigenvalue weighted by Gasteiger charge is 2.14. The average molecular weight is 247 g/mol. The van der Waals surface area contributed by atoms with Gasteiger partial charge in [0.25, 0.3) is 0 Å². The van der Waals surface area contributed by atoms with Gasteiger partial charge in [-0.15, -0.1) is 0 Å². The lowest BCUT2D eigenvalue weighted by atomic mass is 10.2. The van der Waals surface area contributed by atoms with Gasteiger partial charge < -0.3 is 9.47 Å². The molecule has 0 amide bonds. The van der Waals surface area contributed by atoms with E-state index >= 15 is 0 Å². The van der Waals surface area contributed by atoms with Gasteiger partial charge in [-0.3, -0.25) is 0 Å². The minimum atomic E-state index is -0.759. The number of benzene rings is 1. The Labute approximate surface area is 98.1 Å². The number of halogens is 2. The van der Waals surface area contributed by atoms with Crippen molar-refractivity contribution in [1.82, 2.24) is 0 Å². The van der Waals surface area contributed by atoms with Crippen LogP contribution in [0.1, 0.15) is 17.3 Å². The molecular weight excluding hydrogens is 235 g/mol. The Morgan fingerprint density at radius 1 is 1.44 bits per heavy atom. The molecule has 0 bridgehead atoms. The zero-order valence-electron chi connectivity index (χ0n) is 8.83. The number of hydrogen-bond acceptors (Lipinski definition) is 3. The lowest BCUT2D eigenvalue weighted by Gasteiger charge is -2.06. The zero-order chi connectivity index (χ0) is 12.0. The van der Waals surface area contributed by atoms with Crippen LogP contribution in [0, 0.1) is 5.82 Å². The molecule has 0 spiro atoms. The summed E-state index contributed by atoms with van der Waals surface area (Å²) in [4.78, 5) is 11.4. The smallest absolute Gasteiger partial charge is 0.341 e. The van der Waals surface area contributed by atoms with Crippen LogP contribution in [0.2, 0.25) is 5.02 Å². The molecule has 0 saturated carbocycles. The molecule has 88 valence electrons. The molecule has 3 nitrogen and oxygen atoms in total. The molecule has 0 fully saturated rings. The van der Waals surface area contributed by atoms with Crippen molar-refractivity contribution in [3.05, 3.63) is 34.6 Å². The first kappa shape index (κ1) is 12.9. The van der Waals surface area contributed by atoms with Gasteiger partial charge >= 0.3 is 5.97 Å². The number of carbonyl (C=O) groups is 1. The van der Waals surface area contributed by atoms with Crippen molar-refractivity contribution < 1.29 is 18.7 Å². The van der Waals surface area contributed by atoms with Crippen molar-refractivity contribution in [3.8, 4) is 0 Å². The molecule has 5 heteroatoms. The number of carbonyl (C=O) groups excluding carboxylic acids is 1. The summed E-state index contributed by atoms with van der Waals surface area (Å²) in [5.41, 5.74) is -0.163. The van der Waals surface area contributed by atoms with Gasteiger partial charge in [-0.2, -0.15) is 0 Å². The summed E-state index contributed by atoms with van der Waals surface area (Å²) < 4.78 is 23.1. The quantitative estimate of drug-likeness (QED) is 0.592. The Kier molecular flexibility index (Phi) is 5.22. The van der Waals surface area contributed by atoms with E-state index in [0.717, 1.165) is 0 Å². The summed E-state index contributed by atoms with van der Waals surface area (Å²) in [6.07, 6.45) is 0. The van der Waals surface area contributed by atoms with Crippen molar-refractivity contribution >= 4 is 17.6 Å². The predicted octanol–water partition coefficient (Wildman–Crippen LogP) is 2.67. The second-order valence-electron chi connectivity index (χ2n) is 2.93. The maximum atomic E-state index is 13.4. The van der Waals surface area contributed by atoms with Crippen molar-refractivity contribution in [1.29, 1.82) is 0 Å². The molecule has 1 aromatic carbocycles. The number of esters is 1. The number of hydrogen-bond donors (Lipinski definition) is 0. The molecule has 0 saturated heterocycles. The van der Waals surface area contributed by atoms with Gasteiger partial charge in [0.1, 0.15) is 6.61 Å². The van der Waals surface area contributed by atoms with E-state index < -0.39 is 11.8 Å². The van der Waals surface area contributed by atoms with E-state index in [1.807, 2.05) is 6.92 Å². The van der Waals surface area contributed by atoms with Crippen LogP contribution in [-0.4, -0.2) is 25.8 Å². The van der Waals surface area contributed by atoms with E-state index in [2.05, 4.69) is 0 Å². The molecule has 0 heterocycles. The third-order valence-electron chi connectivity index (χ3n) is 1.84. The van der Waals surface area contributed by atoms with Crippen molar-refractivity contribution in [2.45, 2.75) is 6.92 Å². The monoisotopic (exact) mass is 246 g/mol. The summed E-state index contributed by atoms with van der Waals surface area (Å²) >= 11 is 5.53. The van der Waals surface area contributed by atoms with Crippen molar-refractivity contribution in [3.63, 3.8) is 0 Å². The second kappa shape index (κ2) is 6.45. The zero-order valence-corrected chi connectivity index (χ0v) is 9.59. The molecule has 0 unspecified atom stereocenters. The van der Waals surface area contributed by atoms with Crippen LogP contribution < -0.4 is 0 Å². The molecule has 0 radical (unpaired) electrons. The highest BCUT2D eigenvalue weighted by Crippen LogP contribution is 2.18. The molecular formula is C11H12ClFO3. The third kappa shape index (κ3) is 3.47. The SMILES string of the molecule is CCOCCOC(=O)c1cccc(Cl)c1F. The molecule has 0 N–H and O–H groups in total. The Bertz CT molecular complexity index is 368. The minimum Gasteiger partial charge on any atom is -0.460 e. The largest absolute Gasteiger partial charge is 0.460 e. The van der Waals surface area contributed by atoms with E-state index in [1.54, 1.807) is 0 Å². The maximum absolute atomic E-state index is 13.4. The topological polar surface area (TPSA) is 35.5 Å². The lowest BCUT2D eigenvalue weighted by molar-refractivity contribution is 0.0331. The average Bonchev–Trinajstić information content (AvgIpc) is 2.28. The van der Waals surface area contributed by atoms with Crippen LogP contribution in [0.3, 0.4) is 0 Å². The summed E-state index contributed by atoms with van der Waals surface area (Å²) in [6.45, 7) is 2.77. The summed E-state index contributed by atoms with van der Waals surface area (Å²) in [5, 5.41) is -0.0979. The van der Waals surface area contributed by atoms with Crippen LogP contribution in [0.5, 0.6) is 0 Å². The van der Waals surface area contributed by atoms with Crippen LogP contribution in [0.15, 0.2) is 18.2 Å². The first-order chi connectivity index (χ1) is 7.66. The Hall–Kier alpha value is -1.13. The highest BCUT2D eigenvalue weighted by atomic mass is 35.5. The lowest BCUT2D eigenvalue weighted by Crippen LogP contribution is -2.12. The van der Waals surface area contributed by atoms with Gasteiger partial charge in [-0.25, -0.2) is 9.18 Å². The van der Waals surface area contributed by atoms with Gasteiger partial charge in [0.15, 0.2) is 5.82 Å². The Balaban J connectivity index is 2.56. The van der Waals surface area contributed by atoms with E-state index in [-0.39, 0.29) is 17.2 Å². The van der Waals surface area contributed by atoms with E-state index in [4.69, 9.17) is 21.1 Å². The second-order valence-corrected chi connectivity index (χ2v) is 3.34. The number of ether oxygens (including phenoxy) is 2. The van der Waals surface area contributed by atoms with Gasteiger partial charge in [0.2, 0.25) is 0 Å². The molecule has 0 atom stereocenters. The summed E-state index contributed by atoms with van der Waals surface area (Å²) in [5.74, 6) is -1.50. The van der Waals surface area contributed by atoms with Crippen molar-refractivity contribution in [2.75, 3.05) is 19.8 Å². The normalized spacial score (nSPS) is 10.2. The number of rotatable bonds is 5. The van der Waals surface area contributed by atoms with Gasteiger partial charge in [0, 0.05) is 6.61 Å². The van der Waals surface area contributed by atoms with Crippen LogP contribution in [0.4, 0.5) is 4.39 Å². The highest BCUT2D eigenvalue weighted by molar-refractivity contribution is 6.31. The Morgan fingerprint density at radius 3 is 2.88 bits per heavy atom. The fourth-order valence-electron chi connectivity index (χ4n) is 1.08. The minimum absolute atomic E-state index is 0.0959. The van der Waals surface area contributed by atoms with Gasteiger partial charge in [-0.1, -0.05) is 17.7 Å². The molecule has 16 heavy (non-hydrogen) atoms. The van der Waals surface area contributed by atoms with E-state index in [0.29, 0.717) is 13.2 Å². The standard InChI is InChI=1S/C11H12ClFO3/c1-2-15-6-7-16-11(14)8-4-3-5-9(12)10(8)13/h3-5H,2,6-7H2,1H3. The van der Waals surface area contributed by atoms with Crippen LogP contribution in [0.25, 0.3) is 0 Å². The molecule has 1 aromatic rings. The first-order valence-electron chi connectivity index (χ1n) is 4.85. The van der Waals surface area contributed by atoms with Crippen molar-refractivity contribution in [2.24, 2.45) is 0 Å². The fourth-order valence-corrected chi connectivity index (χ4v) is 1.25. The van der Waals surface area contributed by atoms with Gasteiger partial charge in [0.05, 0.1) is 17.2 Å². The van der Waals surface area contributed by atoms with Crippen LogP contribution in [-0.2, 0) is 9.47 Å². The maximum Gasteiger partial charge on any atom is 0.341 e. The third-order valence-corrected chi connectivity index (χ3v) is 2.13. The predicted molar refractivity (Wildman–Crippen MR) is 58.2 cm³/mol. The van der Waals surface area contributed by atoms with E-state index in [1.165, 1.54) is 18.2 Å².